The molecule has 1 fully saturated rings. The Hall–Kier alpha value is -1.54. The molecule has 17 heavy (non-hydrogen) atoms. The molecular formula is C12H18N2O3. The Balaban J connectivity index is 2.57. The number of hydrogen-bond donors (Lipinski definition) is 2. The maximum absolute atomic E-state index is 11.7. The van der Waals surface area contributed by atoms with Gasteiger partial charge in [-0.15, -0.1) is 6.42 Å². The summed E-state index contributed by atoms with van der Waals surface area (Å²) in [4.78, 5) is 24.6. The molecule has 0 aromatic carbocycles. The van der Waals surface area contributed by atoms with Crippen molar-refractivity contribution < 1.29 is 14.7 Å². The van der Waals surface area contributed by atoms with Gasteiger partial charge in [0, 0.05) is 13.1 Å². The normalized spacial score (nSPS) is 26.2. The minimum atomic E-state index is -0.809. The summed E-state index contributed by atoms with van der Waals surface area (Å²) in [5, 5.41) is 11.7. The van der Waals surface area contributed by atoms with Crippen LogP contribution in [0.5, 0.6) is 0 Å². The summed E-state index contributed by atoms with van der Waals surface area (Å²) in [7, 11) is 0. The van der Waals surface area contributed by atoms with Crippen molar-refractivity contribution in [3.8, 4) is 12.3 Å². The predicted molar refractivity (Wildman–Crippen MR) is 63.2 cm³/mol. The Morgan fingerprint density at radius 1 is 1.65 bits per heavy atom. The topological polar surface area (TPSA) is 69.6 Å². The van der Waals surface area contributed by atoms with Crippen molar-refractivity contribution in [3.05, 3.63) is 0 Å². The molecule has 0 aromatic heterocycles. The largest absolute Gasteiger partial charge is 0.481 e. The van der Waals surface area contributed by atoms with Gasteiger partial charge in [-0.3, -0.25) is 14.5 Å². The first-order valence-corrected chi connectivity index (χ1v) is 5.59. The Bertz CT molecular complexity index is 361. The Kier molecular flexibility index (Phi) is 4.13. The van der Waals surface area contributed by atoms with Crippen molar-refractivity contribution in [3.63, 3.8) is 0 Å². The molecule has 1 aliphatic rings. The maximum atomic E-state index is 11.7. The van der Waals surface area contributed by atoms with Crippen molar-refractivity contribution in [1.82, 2.24) is 10.2 Å². The van der Waals surface area contributed by atoms with Crippen LogP contribution in [0.15, 0.2) is 0 Å². The van der Waals surface area contributed by atoms with E-state index in [-0.39, 0.29) is 18.5 Å². The molecule has 0 aromatic rings. The molecule has 0 saturated carbocycles. The lowest BCUT2D eigenvalue weighted by Crippen LogP contribution is -2.45. The molecule has 5 nitrogen and oxygen atoms in total. The summed E-state index contributed by atoms with van der Waals surface area (Å²) in [5.41, 5.74) is -0.749. The van der Waals surface area contributed by atoms with Gasteiger partial charge in [-0.25, -0.2) is 0 Å². The molecule has 0 spiro atoms. The van der Waals surface area contributed by atoms with E-state index in [0.29, 0.717) is 19.5 Å². The highest BCUT2D eigenvalue weighted by atomic mass is 16.4. The van der Waals surface area contributed by atoms with Gasteiger partial charge < -0.3 is 10.4 Å². The summed E-state index contributed by atoms with van der Waals surface area (Å²) < 4.78 is 0. The molecule has 2 N–H and O–H groups in total. The second-order valence-corrected chi connectivity index (χ2v) is 4.68. The fourth-order valence-corrected chi connectivity index (χ4v) is 1.95. The fourth-order valence-electron chi connectivity index (χ4n) is 1.95. The molecule has 1 rings (SSSR count). The van der Waals surface area contributed by atoms with Crippen LogP contribution in [0, 0.1) is 17.8 Å². The number of likely N-dealkylation sites (tertiary alicyclic amines) is 1. The maximum Gasteiger partial charge on any atom is 0.310 e. The number of terminal acetylenes is 1. The lowest BCUT2D eigenvalue weighted by molar-refractivity contribution is -0.147. The molecule has 1 heterocycles. The summed E-state index contributed by atoms with van der Waals surface area (Å²) in [6, 6.07) is -0.343. The van der Waals surface area contributed by atoms with Crippen LogP contribution in [0.25, 0.3) is 0 Å². The van der Waals surface area contributed by atoms with Crippen LogP contribution in [0.1, 0.15) is 20.3 Å². The first-order chi connectivity index (χ1) is 7.90. The van der Waals surface area contributed by atoms with Crippen LogP contribution in [0.2, 0.25) is 0 Å². The molecule has 0 radical (unpaired) electrons. The van der Waals surface area contributed by atoms with Crippen LogP contribution in [0.4, 0.5) is 0 Å². The van der Waals surface area contributed by atoms with E-state index in [0.717, 1.165) is 0 Å². The summed E-state index contributed by atoms with van der Waals surface area (Å²) in [5.74, 6) is 1.37. The zero-order chi connectivity index (χ0) is 13.1. The number of carbonyl (C=O) groups excluding carboxylic acids is 1. The molecule has 0 aliphatic carbocycles. The van der Waals surface area contributed by atoms with Crippen LogP contribution in [0.3, 0.4) is 0 Å². The number of carboxylic acid groups (broad SMARTS) is 1. The first kappa shape index (κ1) is 13.5. The van der Waals surface area contributed by atoms with E-state index in [1.54, 1.807) is 13.8 Å². The van der Waals surface area contributed by atoms with Gasteiger partial charge in [0.15, 0.2) is 0 Å². The Labute approximate surface area is 101 Å². The van der Waals surface area contributed by atoms with Gasteiger partial charge in [-0.1, -0.05) is 5.92 Å². The molecule has 0 bridgehead atoms. The SMILES string of the molecule is C#CCNC(=O)C(C)N1CCC(C)(C(=O)O)C1. The smallest absolute Gasteiger partial charge is 0.310 e. The number of carboxylic acids is 1. The molecule has 1 saturated heterocycles. The van der Waals surface area contributed by atoms with Crippen LogP contribution >= 0.6 is 0 Å². The molecule has 1 aliphatic heterocycles. The van der Waals surface area contributed by atoms with Gasteiger partial charge >= 0.3 is 5.97 Å². The second kappa shape index (κ2) is 5.19. The number of rotatable bonds is 4. The number of hydrogen-bond acceptors (Lipinski definition) is 3. The van der Waals surface area contributed by atoms with E-state index in [9.17, 15) is 9.59 Å². The standard InChI is InChI=1S/C12H18N2O3/c1-4-6-13-10(15)9(2)14-7-5-12(3,8-14)11(16)17/h1,9H,5-8H2,2-3H3,(H,13,15)(H,16,17). The number of nitrogens with zero attached hydrogens (tertiary/aromatic N) is 1. The van der Waals surface area contributed by atoms with E-state index < -0.39 is 11.4 Å². The molecule has 2 atom stereocenters. The van der Waals surface area contributed by atoms with Gasteiger partial charge in [0.1, 0.15) is 0 Å². The Morgan fingerprint density at radius 3 is 2.76 bits per heavy atom. The van der Waals surface area contributed by atoms with Gasteiger partial charge in [-0.2, -0.15) is 0 Å². The highest BCUT2D eigenvalue weighted by Gasteiger charge is 2.42. The van der Waals surface area contributed by atoms with Crippen molar-refractivity contribution >= 4 is 11.9 Å². The number of carbonyl (C=O) groups is 2. The van der Waals surface area contributed by atoms with E-state index >= 15 is 0 Å². The number of amides is 1. The zero-order valence-electron chi connectivity index (χ0n) is 10.2. The zero-order valence-corrected chi connectivity index (χ0v) is 10.2. The van der Waals surface area contributed by atoms with Gasteiger partial charge in [-0.05, 0) is 20.3 Å². The summed E-state index contributed by atoms with van der Waals surface area (Å²) >= 11 is 0. The van der Waals surface area contributed by atoms with E-state index in [4.69, 9.17) is 11.5 Å². The lowest BCUT2D eigenvalue weighted by Gasteiger charge is -2.24. The average Bonchev–Trinajstić information content (AvgIpc) is 2.69. The third-order valence-electron chi connectivity index (χ3n) is 3.31. The minimum absolute atomic E-state index is 0.155. The minimum Gasteiger partial charge on any atom is -0.481 e. The summed E-state index contributed by atoms with van der Waals surface area (Å²) in [6.45, 7) is 4.69. The van der Waals surface area contributed by atoms with E-state index in [1.165, 1.54) is 0 Å². The van der Waals surface area contributed by atoms with E-state index in [2.05, 4.69) is 11.2 Å². The van der Waals surface area contributed by atoms with Crippen LogP contribution in [-0.2, 0) is 9.59 Å². The van der Waals surface area contributed by atoms with Gasteiger partial charge in [0.25, 0.3) is 0 Å². The number of aliphatic carboxylic acids is 1. The predicted octanol–water partition coefficient (Wildman–Crippen LogP) is -0.0791. The van der Waals surface area contributed by atoms with E-state index in [1.807, 2.05) is 4.90 Å². The highest BCUT2D eigenvalue weighted by molar-refractivity contribution is 5.82. The quantitative estimate of drug-likeness (QED) is 0.672. The first-order valence-electron chi connectivity index (χ1n) is 5.59. The molecule has 94 valence electrons. The second-order valence-electron chi connectivity index (χ2n) is 4.68. The molecule has 1 amide bonds. The third kappa shape index (κ3) is 2.98. The third-order valence-corrected chi connectivity index (χ3v) is 3.31. The summed E-state index contributed by atoms with van der Waals surface area (Å²) in [6.07, 6.45) is 5.62. The molecular weight excluding hydrogens is 220 g/mol. The molecule has 5 heteroatoms. The monoisotopic (exact) mass is 238 g/mol. The molecule has 2 unspecified atom stereocenters. The average molecular weight is 238 g/mol. The van der Waals surface area contributed by atoms with Gasteiger partial charge in [0.05, 0.1) is 18.0 Å². The van der Waals surface area contributed by atoms with Crippen molar-refractivity contribution in [2.45, 2.75) is 26.3 Å². The van der Waals surface area contributed by atoms with Crippen LogP contribution in [-0.4, -0.2) is 47.6 Å². The van der Waals surface area contributed by atoms with Crippen molar-refractivity contribution in [2.75, 3.05) is 19.6 Å². The highest BCUT2D eigenvalue weighted by Crippen LogP contribution is 2.31. The Morgan fingerprint density at radius 2 is 2.29 bits per heavy atom. The van der Waals surface area contributed by atoms with Crippen LogP contribution < -0.4 is 5.32 Å². The fraction of sp³-hybridized carbons (Fsp3) is 0.667. The van der Waals surface area contributed by atoms with Gasteiger partial charge in [0.2, 0.25) is 5.91 Å². The lowest BCUT2D eigenvalue weighted by atomic mass is 9.90. The van der Waals surface area contributed by atoms with Crippen molar-refractivity contribution in [1.29, 1.82) is 0 Å². The van der Waals surface area contributed by atoms with Crippen molar-refractivity contribution in [2.24, 2.45) is 5.41 Å². The number of nitrogens with one attached hydrogen (secondary N) is 1.